The van der Waals surface area contributed by atoms with Crippen LogP contribution in [0, 0.1) is 0 Å². The van der Waals surface area contributed by atoms with Crippen LogP contribution in [0.15, 0.2) is 17.3 Å². The fraction of sp³-hybridized carbons (Fsp3) is 0.769. The third-order valence-electron chi connectivity index (χ3n) is 4.06. The van der Waals surface area contributed by atoms with Crippen LogP contribution < -0.4 is 5.73 Å². The second-order valence-corrected chi connectivity index (χ2v) is 7.30. The van der Waals surface area contributed by atoms with Gasteiger partial charge in [0.15, 0.2) is 5.03 Å². The van der Waals surface area contributed by atoms with Gasteiger partial charge in [-0.25, -0.2) is 8.42 Å². The highest BCUT2D eigenvalue weighted by atomic mass is 32.2. The summed E-state index contributed by atoms with van der Waals surface area (Å²) in [6, 6.07) is 1.90. The lowest BCUT2D eigenvalue weighted by Gasteiger charge is -2.38. The zero-order chi connectivity index (χ0) is 15.5. The molecule has 7 nitrogen and oxygen atoms in total. The Morgan fingerprint density at radius 3 is 2.48 bits per heavy atom. The molecule has 1 aliphatic rings. The molecule has 2 N–H and O–H groups in total. The second-order valence-electron chi connectivity index (χ2n) is 5.41. The zero-order valence-corrected chi connectivity index (χ0v) is 13.6. The summed E-state index contributed by atoms with van der Waals surface area (Å²) in [4.78, 5) is 2.30. The average molecular weight is 315 g/mol. The van der Waals surface area contributed by atoms with Crippen LogP contribution in [0.3, 0.4) is 0 Å². The average Bonchev–Trinajstić information content (AvgIpc) is 2.92. The molecule has 2 rings (SSSR count). The molecule has 1 unspecified atom stereocenters. The smallest absolute Gasteiger partial charge is 0.260 e. The summed E-state index contributed by atoms with van der Waals surface area (Å²) in [5.41, 5.74) is 5.82. The maximum Gasteiger partial charge on any atom is 0.260 e. The Morgan fingerprint density at radius 2 is 2.00 bits per heavy atom. The van der Waals surface area contributed by atoms with Gasteiger partial charge in [0, 0.05) is 45.8 Å². The van der Waals surface area contributed by atoms with E-state index in [9.17, 15) is 8.42 Å². The summed E-state index contributed by atoms with van der Waals surface area (Å²) >= 11 is 0. The second kappa shape index (κ2) is 6.87. The minimum atomic E-state index is -3.44. The molecular weight excluding hydrogens is 290 g/mol. The third kappa shape index (κ3) is 3.45. The molecule has 1 aliphatic heterocycles. The number of aryl methyl sites for hydroxylation is 1. The molecule has 0 saturated carbocycles. The van der Waals surface area contributed by atoms with E-state index in [4.69, 9.17) is 5.73 Å². The molecule has 1 fully saturated rings. The third-order valence-corrected chi connectivity index (χ3v) is 6.04. The first kappa shape index (κ1) is 16.4. The van der Waals surface area contributed by atoms with E-state index < -0.39 is 10.0 Å². The Bertz CT molecular complexity index is 549. The van der Waals surface area contributed by atoms with Crippen LogP contribution in [0.4, 0.5) is 0 Å². The minimum Gasteiger partial charge on any atom is -0.329 e. The van der Waals surface area contributed by atoms with Gasteiger partial charge in [0.1, 0.15) is 0 Å². The quantitative estimate of drug-likeness (QED) is 0.789. The number of piperazine rings is 1. The SMILES string of the molecule is CCCC(CN)N1CCN(S(=O)(=O)c2ccnn2C)CC1. The standard InChI is InChI=1S/C13H25N5O2S/c1-3-4-12(11-14)17-7-9-18(10-8-17)21(19,20)13-5-6-15-16(13)2/h5-6,12H,3-4,7-11,14H2,1-2H3. The lowest BCUT2D eigenvalue weighted by molar-refractivity contribution is 0.133. The van der Waals surface area contributed by atoms with Crippen molar-refractivity contribution in [3.05, 3.63) is 12.3 Å². The summed E-state index contributed by atoms with van der Waals surface area (Å²) in [6.45, 7) is 5.26. The van der Waals surface area contributed by atoms with Crippen LogP contribution in [-0.2, 0) is 17.1 Å². The van der Waals surface area contributed by atoms with Gasteiger partial charge in [-0.2, -0.15) is 9.40 Å². The van der Waals surface area contributed by atoms with Crippen molar-refractivity contribution in [3.63, 3.8) is 0 Å². The van der Waals surface area contributed by atoms with Crippen molar-refractivity contribution in [2.24, 2.45) is 12.8 Å². The Balaban J connectivity index is 2.02. The molecule has 1 atom stereocenters. The Labute approximate surface area is 126 Å². The van der Waals surface area contributed by atoms with Gasteiger partial charge in [0.05, 0.1) is 6.20 Å². The first-order valence-electron chi connectivity index (χ1n) is 7.43. The van der Waals surface area contributed by atoms with E-state index in [0.717, 1.165) is 25.9 Å². The van der Waals surface area contributed by atoms with Crippen molar-refractivity contribution in [1.29, 1.82) is 0 Å². The van der Waals surface area contributed by atoms with Crippen LogP contribution in [0.2, 0.25) is 0 Å². The Kier molecular flexibility index (Phi) is 5.37. The van der Waals surface area contributed by atoms with Gasteiger partial charge in [-0.15, -0.1) is 0 Å². The number of hydrogen-bond donors (Lipinski definition) is 1. The number of hydrogen-bond acceptors (Lipinski definition) is 5. The number of rotatable bonds is 6. The molecule has 0 aromatic carbocycles. The molecule has 21 heavy (non-hydrogen) atoms. The van der Waals surface area contributed by atoms with Crippen molar-refractivity contribution < 1.29 is 8.42 Å². The summed E-state index contributed by atoms with van der Waals surface area (Å²) in [6.07, 6.45) is 3.66. The normalized spacial score (nSPS) is 19.8. The van der Waals surface area contributed by atoms with E-state index in [1.54, 1.807) is 17.4 Å². The van der Waals surface area contributed by atoms with E-state index in [1.807, 2.05) is 0 Å². The lowest BCUT2D eigenvalue weighted by atomic mass is 10.1. The molecule has 1 aromatic heterocycles. The van der Waals surface area contributed by atoms with Crippen molar-refractivity contribution in [2.75, 3.05) is 32.7 Å². The van der Waals surface area contributed by atoms with Gasteiger partial charge in [-0.3, -0.25) is 9.58 Å². The summed E-state index contributed by atoms with van der Waals surface area (Å²) in [5, 5.41) is 4.19. The van der Waals surface area contributed by atoms with Gasteiger partial charge in [0.2, 0.25) is 0 Å². The number of nitrogens with two attached hydrogens (primary N) is 1. The molecular formula is C13H25N5O2S. The van der Waals surface area contributed by atoms with Gasteiger partial charge in [-0.05, 0) is 12.5 Å². The van der Waals surface area contributed by atoms with Crippen molar-refractivity contribution >= 4 is 10.0 Å². The predicted octanol–water partition coefficient (Wildman–Crippen LogP) is -0.146. The van der Waals surface area contributed by atoms with E-state index in [1.165, 1.54) is 10.9 Å². The summed E-state index contributed by atoms with van der Waals surface area (Å²) < 4.78 is 28.1. The van der Waals surface area contributed by atoms with Gasteiger partial charge < -0.3 is 5.73 Å². The fourth-order valence-electron chi connectivity index (χ4n) is 2.84. The van der Waals surface area contributed by atoms with E-state index in [2.05, 4.69) is 16.9 Å². The van der Waals surface area contributed by atoms with E-state index in [0.29, 0.717) is 25.7 Å². The number of aromatic nitrogens is 2. The van der Waals surface area contributed by atoms with Crippen LogP contribution in [0.5, 0.6) is 0 Å². The highest BCUT2D eigenvalue weighted by Gasteiger charge is 2.31. The molecule has 1 saturated heterocycles. The molecule has 2 heterocycles. The van der Waals surface area contributed by atoms with Crippen molar-refractivity contribution in [2.45, 2.75) is 30.8 Å². The summed E-state index contributed by atoms with van der Waals surface area (Å²) in [5.74, 6) is 0. The number of sulfonamides is 1. The molecule has 0 amide bonds. The van der Waals surface area contributed by atoms with E-state index >= 15 is 0 Å². The highest BCUT2D eigenvalue weighted by molar-refractivity contribution is 7.89. The topological polar surface area (TPSA) is 84.5 Å². The Morgan fingerprint density at radius 1 is 1.33 bits per heavy atom. The van der Waals surface area contributed by atoms with Crippen LogP contribution >= 0.6 is 0 Å². The monoisotopic (exact) mass is 315 g/mol. The fourth-order valence-corrected chi connectivity index (χ4v) is 4.36. The molecule has 0 radical (unpaired) electrons. The molecule has 0 bridgehead atoms. The van der Waals surface area contributed by atoms with Gasteiger partial charge in [-0.1, -0.05) is 13.3 Å². The summed E-state index contributed by atoms with van der Waals surface area (Å²) in [7, 11) is -1.79. The zero-order valence-electron chi connectivity index (χ0n) is 12.8. The van der Waals surface area contributed by atoms with Gasteiger partial charge in [0.25, 0.3) is 10.0 Å². The van der Waals surface area contributed by atoms with Crippen LogP contribution in [0.25, 0.3) is 0 Å². The molecule has 0 aliphatic carbocycles. The molecule has 120 valence electrons. The largest absolute Gasteiger partial charge is 0.329 e. The van der Waals surface area contributed by atoms with Gasteiger partial charge >= 0.3 is 0 Å². The molecule has 8 heteroatoms. The first-order chi connectivity index (χ1) is 10.0. The maximum absolute atomic E-state index is 12.6. The molecule has 0 spiro atoms. The lowest BCUT2D eigenvalue weighted by Crippen LogP contribution is -2.53. The Hall–Kier alpha value is -0.960. The predicted molar refractivity (Wildman–Crippen MR) is 81.3 cm³/mol. The first-order valence-corrected chi connectivity index (χ1v) is 8.87. The number of nitrogens with zero attached hydrogens (tertiary/aromatic N) is 4. The van der Waals surface area contributed by atoms with Crippen molar-refractivity contribution in [3.8, 4) is 0 Å². The van der Waals surface area contributed by atoms with Crippen molar-refractivity contribution in [1.82, 2.24) is 19.0 Å². The maximum atomic E-state index is 12.6. The van der Waals surface area contributed by atoms with Crippen LogP contribution in [0.1, 0.15) is 19.8 Å². The minimum absolute atomic E-state index is 0.250. The van der Waals surface area contributed by atoms with Crippen LogP contribution in [-0.4, -0.2) is 66.2 Å². The molecule has 1 aromatic rings. The highest BCUT2D eigenvalue weighted by Crippen LogP contribution is 2.18. The van der Waals surface area contributed by atoms with E-state index in [-0.39, 0.29) is 5.03 Å².